The number of rotatable bonds is 6. The highest BCUT2D eigenvalue weighted by atomic mass is 16.5. The molecule has 0 aliphatic heterocycles. The Hall–Kier alpha value is -3.09. The number of ether oxygens (including phenoxy) is 1. The molecule has 0 saturated carbocycles. The molecule has 1 heterocycles. The van der Waals surface area contributed by atoms with Crippen LogP contribution in [0.2, 0.25) is 0 Å². The van der Waals surface area contributed by atoms with Gasteiger partial charge in [-0.15, -0.1) is 0 Å². The van der Waals surface area contributed by atoms with Crippen LogP contribution in [0.3, 0.4) is 0 Å². The Labute approximate surface area is 138 Å². The average Bonchev–Trinajstić information content (AvgIpc) is 2.52. The summed E-state index contributed by atoms with van der Waals surface area (Å²) in [6, 6.07) is 8.07. The van der Waals surface area contributed by atoms with Crippen LogP contribution in [-0.2, 0) is 4.79 Å². The standard InChI is InChI=1S/C17H19N3O4/c1-3-8-24-15-7-4-11(19-10(2)21)9-13(15)14-6-5-12(16(18)22)17(23)20-14/h4-7,9H,3,8H2,1-2H3,(H2,18,22)(H,19,21)(H,20,23). The third-order valence-corrected chi connectivity index (χ3v) is 3.23. The third-order valence-electron chi connectivity index (χ3n) is 3.23. The van der Waals surface area contributed by atoms with Gasteiger partial charge in [-0.25, -0.2) is 0 Å². The largest absolute Gasteiger partial charge is 0.493 e. The van der Waals surface area contributed by atoms with Crippen molar-refractivity contribution in [2.75, 3.05) is 11.9 Å². The summed E-state index contributed by atoms with van der Waals surface area (Å²) in [7, 11) is 0. The number of carbonyl (C=O) groups is 2. The van der Waals surface area contributed by atoms with Gasteiger partial charge in [0.1, 0.15) is 11.3 Å². The van der Waals surface area contributed by atoms with Crippen LogP contribution in [0.25, 0.3) is 11.3 Å². The first-order valence-electron chi connectivity index (χ1n) is 7.50. The predicted octanol–water partition coefficient (Wildman–Crippen LogP) is 1.89. The quantitative estimate of drug-likeness (QED) is 0.750. The lowest BCUT2D eigenvalue weighted by atomic mass is 10.1. The van der Waals surface area contributed by atoms with E-state index in [1.165, 1.54) is 13.0 Å². The van der Waals surface area contributed by atoms with Crippen LogP contribution in [0, 0.1) is 0 Å². The fraction of sp³-hybridized carbons (Fsp3) is 0.235. The van der Waals surface area contributed by atoms with Crippen molar-refractivity contribution in [3.8, 4) is 17.0 Å². The molecule has 4 N–H and O–H groups in total. The van der Waals surface area contributed by atoms with Crippen molar-refractivity contribution < 1.29 is 14.3 Å². The van der Waals surface area contributed by atoms with Gasteiger partial charge in [0, 0.05) is 18.2 Å². The fourth-order valence-electron chi connectivity index (χ4n) is 2.18. The summed E-state index contributed by atoms with van der Waals surface area (Å²) in [5.74, 6) is -0.438. The number of H-pyrrole nitrogens is 1. The van der Waals surface area contributed by atoms with Crippen molar-refractivity contribution in [2.24, 2.45) is 5.73 Å². The minimum Gasteiger partial charge on any atom is -0.493 e. The van der Waals surface area contributed by atoms with Crippen LogP contribution >= 0.6 is 0 Å². The van der Waals surface area contributed by atoms with E-state index < -0.39 is 11.5 Å². The summed E-state index contributed by atoms with van der Waals surface area (Å²) >= 11 is 0. The molecule has 126 valence electrons. The van der Waals surface area contributed by atoms with E-state index in [9.17, 15) is 14.4 Å². The fourth-order valence-corrected chi connectivity index (χ4v) is 2.18. The summed E-state index contributed by atoms with van der Waals surface area (Å²) in [4.78, 5) is 37.0. The van der Waals surface area contributed by atoms with Gasteiger partial charge in [0.15, 0.2) is 0 Å². The Bertz CT molecular complexity index is 827. The second-order valence-corrected chi connectivity index (χ2v) is 5.22. The number of nitrogens with two attached hydrogens (primary N) is 1. The third kappa shape index (κ3) is 4.01. The highest BCUT2D eigenvalue weighted by molar-refractivity contribution is 5.93. The van der Waals surface area contributed by atoms with E-state index in [0.717, 1.165) is 6.42 Å². The Kier molecular flexibility index (Phi) is 5.36. The maximum absolute atomic E-state index is 12.0. The van der Waals surface area contributed by atoms with E-state index in [1.54, 1.807) is 24.3 Å². The maximum atomic E-state index is 12.0. The molecule has 24 heavy (non-hydrogen) atoms. The number of nitrogens with one attached hydrogen (secondary N) is 2. The second kappa shape index (κ2) is 7.45. The second-order valence-electron chi connectivity index (χ2n) is 5.22. The van der Waals surface area contributed by atoms with Crippen molar-refractivity contribution in [2.45, 2.75) is 20.3 Å². The molecule has 2 rings (SSSR count). The molecule has 7 nitrogen and oxygen atoms in total. The molecule has 1 aromatic heterocycles. The van der Waals surface area contributed by atoms with Gasteiger partial charge in [-0.3, -0.25) is 14.4 Å². The van der Waals surface area contributed by atoms with E-state index in [1.807, 2.05) is 6.92 Å². The zero-order chi connectivity index (χ0) is 17.7. The lowest BCUT2D eigenvalue weighted by Gasteiger charge is -2.13. The van der Waals surface area contributed by atoms with Crippen molar-refractivity contribution >= 4 is 17.5 Å². The maximum Gasteiger partial charge on any atom is 0.261 e. The number of anilines is 1. The molecule has 0 bridgehead atoms. The van der Waals surface area contributed by atoms with Gasteiger partial charge in [0.2, 0.25) is 5.91 Å². The Morgan fingerprint density at radius 3 is 2.58 bits per heavy atom. The molecular formula is C17H19N3O4. The summed E-state index contributed by atoms with van der Waals surface area (Å²) < 4.78 is 5.69. The van der Waals surface area contributed by atoms with Gasteiger partial charge in [-0.05, 0) is 36.8 Å². The summed E-state index contributed by atoms with van der Waals surface area (Å²) in [5.41, 5.74) is 6.08. The lowest BCUT2D eigenvalue weighted by Crippen LogP contribution is -2.23. The number of primary amides is 1. The molecule has 0 spiro atoms. The minimum absolute atomic E-state index is 0.118. The number of amides is 2. The van der Waals surface area contributed by atoms with Gasteiger partial charge >= 0.3 is 0 Å². The normalized spacial score (nSPS) is 10.2. The Balaban J connectivity index is 2.52. The Morgan fingerprint density at radius 1 is 1.25 bits per heavy atom. The molecule has 0 unspecified atom stereocenters. The van der Waals surface area contributed by atoms with Crippen molar-refractivity contribution in [3.05, 3.63) is 46.2 Å². The van der Waals surface area contributed by atoms with Crippen LogP contribution in [0.4, 0.5) is 5.69 Å². The summed E-state index contributed by atoms with van der Waals surface area (Å²) in [6.07, 6.45) is 0.823. The molecule has 7 heteroatoms. The van der Waals surface area contributed by atoms with Gasteiger partial charge in [0.05, 0.1) is 12.3 Å². The topological polar surface area (TPSA) is 114 Å². The lowest BCUT2D eigenvalue weighted by molar-refractivity contribution is -0.114. The first kappa shape index (κ1) is 17.3. The van der Waals surface area contributed by atoms with Gasteiger partial charge in [-0.2, -0.15) is 0 Å². The monoisotopic (exact) mass is 329 g/mol. The van der Waals surface area contributed by atoms with Crippen LogP contribution < -0.4 is 21.3 Å². The zero-order valence-electron chi connectivity index (χ0n) is 13.5. The molecule has 0 fully saturated rings. The molecule has 2 amide bonds. The van der Waals surface area contributed by atoms with Crippen LogP contribution in [0.1, 0.15) is 30.6 Å². The summed E-state index contributed by atoms with van der Waals surface area (Å²) in [5, 5.41) is 2.68. The number of aromatic amines is 1. The minimum atomic E-state index is -0.794. The number of hydrogen-bond acceptors (Lipinski definition) is 4. The molecule has 0 aliphatic carbocycles. The predicted molar refractivity (Wildman–Crippen MR) is 91.1 cm³/mol. The number of benzene rings is 1. The molecule has 0 aliphatic rings. The van der Waals surface area contributed by atoms with Gasteiger partial charge in [0.25, 0.3) is 11.5 Å². The van der Waals surface area contributed by atoms with Crippen molar-refractivity contribution in [1.82, 2.24) is 4.98 Å². The summed E-state index contributed by atoms with van der Waals surface area (Å²) in [6.45, 7) is 3.90. The Morgan fingerprint density at radius 2 is 2.00 bits per heavy atom. The molecule has 0 radical (unpaired) electrons. The first-order valence-corrected chi connectivity index (χ1v) is 7.50. The van der Waals surface area contributed by atoms with E-state index in [2.05, 4.69) is 10.3 Å². The number of hydrogen-bond donors (Lipinski definition) is 3. The first-order chi connectivity index (χ1) is 11.4. The molecule has 0 atom stereocenters. The average molecular weight is 329 g/mol. The van der Waals surface area contributed by atoms with Crippen LogP contribution in [0.5, 0.6) is 5.75 Å². The molecule has 1 aromatic carbocycles. The van der Waals surface area contributed by atoms with E-state index in [4.69, 9.17) is 10.5 Å². The SMILES string of the molecule is CCCOc1ccc(NC(C)=O)cc1-c1ccc(C(N)=O)c(=O)[nH]1. The van der Waals surface area contributed by atoms with Crippen LogP contribution in [0.15, 0.2) is 35.1 Å². The number of pyridine rings is 1. The van der Waals surface area contributed by atoms with Crippen molar-refractivity contribution in [3.63, 3.8) is 0 Å². The zero-order valence-corrected chi connectivity index (χ0v) is 13.5. The highest BCUT2D eigenvalue weighted by Gasteiger charge is 2.12. The molecular weight excluding hydrogens is 310 g/mol. The van der Waals surface area contributed by atoms with E-state index in [-0.39, 0.29) is 11.5 Å². The molecule has 2 aromatic rings. The number of aromatic nitrogens is 1. The molecule has 0 saturated heterocycles. The number of carbonyl (C=O) groups excluding carboxylic acids is 2. The van der Waals surface area contributed by atoms with E-state index >= 15 is 0 Å². The van der Waals surface area contributed by atoms with Gasteiger partial charge < -0.3 is 20.8 Å². The van der Waals surface area contributed by atoms with Gasteiger partial charge in [-0.1, -0.05) is 6.92 Å². The highest BCUT2D eigenvalue weighted by Crippen LogP contribution is 2.31. The van der Waals surface area contributed by atoms with Crippen LogP contribution in [-0.4, -0.2) is 23.4 Å². The van der Waals surface area contributed by atoms with Crippen molar-refractivity contribution in [1.29, 1.82) is 0 Å². The smallest absolute Gasteiger partial charge is 0.261 e. The van der Waals surface area contributed by atoms with E-state index in [0.29, 0.717) is 29.3 Å².